The molecule has 0 bridgehead atoms. The molecule has 2 unspecified atom stereocenters. The van der Waals surface area contributed by atoms with Crippen molar-refractivity contribution in [1.29, 1.82) is 0 Å². The van der Waals surface area contributed by atoms with Crippen LogP contribution in [0.5, 0.6) is 0 Å². The first-order valence-electron chi connectivity index (χ1n) is 6.57. The Hall–Kier alpha value is -1.13. The summed E-state index contributed by atoms with van der Waals surface area (Å²) in [6.45, 7) is 5.53. The fourth-order valence-corrected chi connectivity index (χ4v) is 2.46. The summed E-state index contributed by atoms with van der Waals surface area (Å²) in [6.07, 6.45) is 3.95. The second kappa shape index (κ2) is 6.87. The van der Waals surface area contributed by atoms with Gasteiger partial charge in [0, 0.05) is 30.9 Å². The first-order valence-corrected chi connectivity index (χ1v) is 6.57. The normalized spacial score (nSPS) is 22.8. The maximum absolute atomic E-state index is 12.5. The van der Waals surface area contributed by atoms with Gasteiger partial charge in [-0.1, -0.05) is 6.92 Å². The molecular weight excluding hydrogens is 262 g/mol. The van der Waals surface area contributed by atoms with E-state index in [1.807, 2.05) is 4.90 Å². The quantitative estimate of drug-likeness (QED) is 0.905. The van der Waals surface area contributed by atoms with Gasteiger partial charge in [-0.2, -0.15) is 0 Å². The average molecular weight is 284 g/mol. The molecule has 2 N–H and O–H groups in total. The van der Waals surface area contributed by atoms with Crippen LogP contribution in [0.4, 0.5) is 0 Å². The largest absolute Gasteiger partial charge is 0.336 e. The molecule has 2 heterocycles. The lowest BCUT2D eigenvalue weighted by molar-refractivity contribution is 0.0574. The van der Waals surface area contributed by atoms with Crippen molar-refractivity contribution in [2.45, 2.75) is 39.3 Å². The van der Waals surface area contributed by atoms with Crippen LogP contribution in [0, 0.1) is 5.92 Å². The summed E-state index contributed by atoms with van der Waals surface area (Å²) in [5.74, 6) is 0.687. The topological polar surface area (TPSA) is 59.2 Å². The fraction of sp³-hybridized carbons (Fsp3) is 0.571. The van der Waals surface area contributed by atoms with Crippen LogP contribution in [0.25, 0.3) is 0 Å². The Morgan fingerprint density at radius 2 is 2.21 bits per heavy atom. The van der Waals surface area contributed by atoms with E-state index in [4.69, 9.17) is 5.73 Å². The molecule has 0 aliphatic carbocycles. The lowest BCUT2D eigenvalue weighted by Gasteiger charge is -2.36. The van der Waals surface area contributed by atoms with Crippen LogP contribution in [0.3, 0.4) is 0 Å². The maximum atomic E-state index is 12.5. The molecule has 1 amide bonds. The second-order valence-corrected chi connectivity index (χ2v) is 5.23. The number of piperidine rings is 1. The monoisotopic (exact) mass is 283 g/mol. The van der Waals surface area contributed by atoms with Crippen molar-refractivity contribution in [3.05, 3.63) is 29.6 Å². The van der Waals surface area contributed by atoms with Crippen LogP contribution >= 0.6 is 12.4 Å². The molecule has 106 valence electrons. The number of hydrogen-bond donors (Lipinski definition) is 1. The zero-order valence-electron chi connectivity index (χ0n) is 11.5. The van der Waals surface area contributed by atoms with E-state index in [9.17, 15) is 4.79 Å². The first kappa shape index (κ1) is 15.9. The Bertz CT molecular complexity index is 438. The number of hydrogen-bond acceptors (Lipinski definition) is 3. The highest BCUT2D eigenvalue weighted by Crippen LogP contribution is 2.23. The molecule has 1 aromatic rings. The predicted molar refractivity (Wildman–Crippen MR) is 78.3 cm³/mol. The number of nitrogens with two attached hydrogens (primary N) is 1. The van der Waals surface area contributed by atoms with Crippen LogP contribution in [0.15, 0.2) is 18.3 Å². The van der Waals surface area contributed by atoms with Gasteiger partial charge in [-0.25, -0.2) is 0 Å². The fourth-order valence-electron chi connectivity index (χ4n) is 2.46. The van der Waals surface area contributed by atoms with Crippen molar-refractivity contribution in [3.8, 4) is 0 Å². The summed E-state index contributed by atoms with van der Waals surface area (Å²) in [5.41, 5.74) is 7.02. The van der Waals surface area contributed by atoms with Gasteiger partial charge in [0.15, 0.2) is 0 Å². The van der Waals surface area contributed by atoms with Crippen LogP contribution in [0.2, 0.25) is 0 Å². The van der Waals surface area contributed by atoms with Gasteiger partial charge in [0.25, 0.3) is 5.91 Å². The molecular formula is C14H22ClN3O. The minimum absolute atomic E-state index is 0. The molecule has 2 atom stereocenters. The Labute approximate surface area is 120 Å². The van der Waals surface area contributed by atoms with Gasteiger partial charge >= 0.3 is 0 Å². The maximum Gasteiger partial charge on any atom is 0.254 e. The standard InChI is InChI=1S/C14H21N3O.ClH/c1-10-3-4-11(2)17(9-10)14(18)12-5-6-16-13(7-12)8-15;/h5-7,10-11H,3-4,8-9,15H2,1-2H3;1H. The third kappa shape index (κ3) is 3.67. The number of carbonyl (C=O) groups excluding carboxylic acids is 1. The summed E-state index contributed by atoms with van der Waals surface area (Å²) in [4.78, 5) is 18.6. The van der Waals surface area contributed by atoms with Crippen molar-refractivity contribution in [2.24, 2.45) is 11.7 Å². The van der Waals surface area contributed by atoms with Crippen molar-refractivity contribution in [2.75, 3.05) is 6.54 Å². The van der Waals surface area contributed by atoms with Gasteiger partial charge in [-0.3, -0.25) is 9.78 Å². The summed E-state index contributed by atoms with van der Waals surface area (Å²) in [5, 5.41) is 0. The summed E-state index contributed by atoms with van der Waals surface area (Å²) in [7, 11) is 0. The van der Waals surface area contributed by atoms with E-state index >= 15 is 0 Å². The number of rotatable bonds is 2. The smallest absolute Gasteiger partial charge is 0.254 e. The van der Waals surface area contributed by atoms with Gasteiger partial charge in [0.1, 0.15) is 0 Å². The number of carbonyl (C=O) groups is 1. The number of nitrogens with zero attached hydrogens (tertiary/aromatic N) is 2. The highest BCUT2D eigenvalue weighted by molar-refractivity contribution is 5.94. The van der Waals surface area contributed by atoms with Crippen LogP contribution in [-0.4, -0.2) is 28.4 Å². The lowest BCUT2D eigenvalue weighted by atomic mass is 9.94. The molecule has 1 aliphatic rings. The Kier molecular flexibility index (Phi) is 5.76. The third-order valence-corrected chi connectivity index (χ3v) is 3.65. The van der Waals surface area contributed by atoms with Crippen LogP contribution < -0.4 is 5.73 Å². The van der Waals surface area contributed by atoms with Gasteiger partial charge in [-0.15, -0.1) is 12.4 Å². The Balaban J connectivity index is 0.00000180. The Morgan fingerprint density at radius 3 is 2.89 bits per heavy atom. The second-order valence-electron chi connectivity index (χ2n) is 5.23. The zero-order valence-corrected chi connectivity index (χ0v) is 12.3. The third-order valence-electron chi connectivity index (χ3n) is 3.65. The van der Waals surface area contributed by atoms with Crippen LogP contribution in [0.1, 0.15) is 42.7 Å². The molecule has 1 saturated heterocycles. The van der Waals surface area contributed by atoms with E-state index in [2.05, 4.69) is 18.8 Å². The summed E-state index contributed by atoms with van der Waals surface area (Å²) < 4.78 is 0. The number of pyridine rings is 1. The van der Waals surface area contributed by atoms with Gasteiger partial charge in [0.2, 0.25) is 0 Å². The lowest BCUT2D eigenvalue weighted by Crippen LogP contribution is -2.44. The molecule has 0 aromatic carbocycles. The zero-order chi connectivity index (χ0) is 13.1. The first-order chi connectivity index (χ1) is 8.61. The molecule has 1 aromatic heterocycles. The van der Waals surface area contributed by atoms with Gasteiger partial charge < -0.3 is 10.6 Å². The van der Waals surface area contributed by atoms with Crippen molar-refractivity contribution >= 4 is 18.3 Å². The molecule has 0 radical (unpaired) electrons. The van der Waals surface area contributed by atoms with Gasteiger partial charge in [0.05, 0.1) is 5.69 Å². The summed E-state index contributed by atoms with van der Waals surface area (Å²) in [6, 6.07) is 3.89. The molecule has 0 spiro atoms. The van der Waals surface area contributed by atoms with Crippen molar-refractivity contribution in [3.63, 3.8) is 0 Å². The van der Waals surface area contributed by atoms with E-state index in [1.165, 1.54) is 6.42 Å². The number of amides is 1. The molecule has 19 heavy (non-hydrogen) atoms. The van der Waals surface area contributed by atoms with Gasteiger partial charge in [-0.05, 0) is 37.8 Å². The predicted octanol–water partition coefficient (Wildman–Crippen LogP) is 2.22. The highest BCUT2D eigenvalue weighted by atomic mass is 35.5. The minimum atomic E-state index is 0. The van der Waals surface area contributed by atoms with E-state index in [0.717, 1.165) is 18.7 Å². The molecule has 0 saturated carbocycles. The SMILES string of the molecule is CC1CCC(C)N(C(=O)c2ccnc(CN)c2)C1.Cl. The van der Waals surface area contributed by atoms with Crippen molar-refractivity contribution in [1.82, 2.24) is 9.88 Å². The molecule has 1 aliphatic heterocycles. The molecule has 5 heteroatoms. The highest BCUT2D eigenvalue weighted by Gasteiger charge is 2.27. The molecule has 2 rings (SSSR count). The van der Waals surface area contributed by atoms with E-state index in [1.54, 1.807) is 18.3 Å². The van der Waals surface area contributed by atoms with Crippen LogP contribution in [-0.2, 0) is 6.54 Å². The number of likely N-dealkylation sites (tertiary alicyclic amines) is 1. The van der Waals surface area contributed by atoms with E-state index < -0.39 is 0 Å². The molecule has 4 nitrogen and oxygen atoms in total. The summed E-state index contributed by atoms with van der Waals surface area (Å²) >= 11 is 0. The minimum Gasteiger partial charge on any atom is -0.336 e. The number of aromatic nitrogens is 1. The average Bonchev–Trinajstić information content (AvgIpc) is 2.41. The van der Waals surface area contributed by atoms with E-state index in [0.29, 0.717) is 24.1 Å². The molecule has 1 fully saturated rings. The number of halogens is 1. The van der Waals surface area contributed by atoms with Crippen molar-refractivity contribution < 1.29 is 4.79 Å². The Morgan fingerprint density at radius 1 is 1.47 bits per heavy atom. The van der Waals surface area contributed by atoms with E-state index in [-0.39, 0.29) is 18.3 Å².